The Morgan fingerprint density at radius 1 is 0.760 bits per heavy atom. The molecule has 0 aliphatic carbocycles. The Balaban J connectivity index is 0.000000727. The maximum Gasteiger partial charge on any atom is 0.490 e. The molecule has 3 unspecified atom stereocenters. The van der Waals surface area contributed by atoms with Gasteiger partial charge in [0.25, 0.3) is 0 Å². The Labute approximate surface area is 286 Å². The van der Waals surface area contributed by atoms with Crippen molar-refractivity contribution in [1.82, 2.24) is 10.3 Å². The lowest BCUT2D eigenvalue weighted by atomic mass is 9.96. The summed E-state index contributed by atoms with van der Waals surface area (Å²) >= 11 is 0. The molecule has 0 aliphatic heterocycles. The van der Waals surface area contributed by atoms with Crippen molar-refractivity contribution >= 4 is 36.1 Å². The number of aromatic nitrogens is 1. The first kappa shape index (κ1) is 37.6. The van der Waals surface area contributed by atoms with Crippen molar-refractivity contribution in [1.29, 1.82) is 0 Å². The number of fused-ring (bicyclic) bond motifs is 1. The van der Waals surface area contributed by atoms with E-state index in [1.807, 2.05) is 109 Å². The van der Waals surface area contributed by atoms with Gasteiger partial charge in [-0.2, -0.15) is 13.2 Å². The summed E-state index contributed by atoms with van der Waals surface area (Å²) in [6.45, 7) is 0. The summed E-state index contributed by atoms with van der Waals surface area (Å²) in [5.74, 6) is -5.36. The van der Waals surface area contributed by atoms with Gasteiger partial charge in [-0.3, -0.25) is 9.36 Å². The molecule has 0 bridgehead atoms. The number of hydrogen-bond donors (Lipinski definition) is 5. The normalized spacial score (nSPS) is 13.7. The molecule has 0 spiro atoms. The van der Waals surface area contributed by atoms with Crippen LogP contribution in [0.2, 0.25) is 0 Å². The van der Waals surface area contributed by atoms with E-state index in [1.165, 1.54) is 0 Å². The molecule has 0 radical (unpaired) electrons. The number of benzene rings is 4. The fourth-order valence-corrected chi connectivity index (χ4v) is 7.16. The van der Waals surface area contributed by atoms with E-state index in [4.69, 9.17) is 9.90 Å². The summed E-state index contributed by atoms with van der Waals surface area (Å²) in [6.07, 6.45) is -2.85. The van der Waals surface area contributed by atoms with Gasteiger partial charge < -0.3 is 25.4 Å². The van der Waals surface area contributed by atoms with Crippen LogP contribution in [0.1, 0.15) is 16.7 Å². The van der Waals surface area contributed by atoms with Gasteiger partial charge in [0.15, 0.2) is 0 Å². The third kappa shape index (κ3) is 11.2. The third-order valence-corrected chi connectivity index (χ3v) is 9.90. The van der Waals surface area contributed by atoms with Gasteiger partial charge in [0, 0.05) is 35.8 Å². The van der Waals surface area contributed by atoms with Crippen LogP contribution in [0.4, 0.5) is 13.2 Å². The van der Waals surface area contributed by atoms with Crippen LogP contribution in [0.25, 0.3) is 22.0 Å². The number of carboxylic acid groups (broad SMARTS) is 2. The Kier molecular flexibility index (Phi) is 12.8. The number of aryl methyl sites for hydroxylation is 1. The zero-order valence-corrected chi connectivity index (χ0v) is 27.6. The monoisotopic (exact) mass is 708 g/mol. The van der Waals surface area contributed by atoms with E-state index in [0.717, 1.165) is 38.7 Å². The lowest BCUT2D eigenvalue weighted by Gasteiger charge is -2.23. The van der Waals surface area contributed by atoms with Gasteiger partial charge in [-0.15, -0.1) is 0 Å². The van der Waals surface area contributed by atoms with Gasteiger partial charge in [0.1, 0.15) is 6.04 Å². The first-order chi connectivity index (χ1) is 23.7. The number of carboxylic acids is 2. The topological polar surface area (TPSA) is 157 Å². The van der Waals surface area contributed by atoms with Crippen LogP contribution >= 0.6 is 7.37 Å². The number of halogens is 3. The minimum atomic E-state index is -5.08. The van der Waals surface area contributed by atoms with Crippen molar-refractivity contribution in [2.75, 3.05) is 12.3 Å². The Morgan fingerprint density at radius 2 is 1.32 bits per heavy atom. The number of carbonyl (C=O) groups is 3. The number of hydrogen-bond acceptors (Lipinski definition) is 4. The fraction of sp³-hybridized carbons (Fsp3) is 0.216. The Bertz CT molecular complexity index is 1930. The molecular weight excluding hydrogens is 672 g/mol. The van der Waals surface area contributed by atoms with Gasteiger partial charge >= 0.3 is 18.1 Å². The smallest absolute Gasteiger partial charge is 0.480 e. The number of alkyl halides is 3. The van der Waals surface area contributed by atoms with E-state index in [9.17, 15) is 37.3 Å². The molecule has 3 atom stereocenters. The van der Waals surface area contributed by atoms with Gasteiger partial charge in [0.05, 0.1) is 5.92 Å². The Hall–Kier alpha value is -5.19. The molecule has 1 amide bonds. The number of amides is 1. The SMILES string of the molecule is O=C(NC(Cc1c[nH]c2ccccc12)C(=O)O)C(Cc1ccc(-c2ccccc2)cc1)CP(=O)(O)CCc1ccccc1.O=C(O)C(F)(F)F. The van der Waals surface area contributed by atoms with Crippen molar-refractivity contribution in [3.63, 3.8) is 0 Å². The number of para-hydroxylation sites is 1. The first-order valence-corrected chi connectivity index (χ1v) is 17.6. The van der Waals surface area contributed by atoms with Crippen LogP contribution in [0.3, 0.4) is 0 Å². The number of H-pyrrole nitrogens is 1. The maximum absolute atomic E-state index is 13.7. The van der Waals surface area contributed by atoms with Crippen molar-refractivity contribution in [2.24, 2.45) is 5.92 Å². The molecule has 50 heavy (non-hydrogen) atoms. The van der Waals surface area contributed by atoms with Gasteiger partial charge in [-0.1, -0.05) is 103 Å². The van der Waals surface area contributed by atoms with Crippen LogP contribution < -0.4 is 5.32 Å². The van der Waals surface area contributed by atoms with E-state index in [1.54, 1.807) is 6.20 Å². The minimum Gasteiger partial charge on any atom is -0.480 e. The van der Waals surface area contributed by atoms with E-state index >= 15 is 0 Å². The molecule has 1 heterocycles. The summed E-state index contributed by atoms with van der Waals surface area (Å²) in [4.78, 5) is 49.0. The first-order valence-electron chi connectivity index (χ1n) is 15.6. The summed E-state index contributed by atoms with van der Waals surface area (Å²) in [6, 6.07) is 33.5. The number of rotatable bonds is 13. The lowest BCUT2D eigenvalue weighted by molar-refractivity contribution is -0.192. The average molecular weight is 709 g/mol. The zero-order valence-electron chi connectivity index (χ0n) is 26.7. The molecule has 13 heteroatoms. The third-order valence-electron chi connectivity index (χ3n) is 7.97. The predicted molar refractivity (Wildman–Crippen MR) is 184 cm³/mol. The number of nitrogens with one attached hydrogen (secondary N) is 2. The number of carbonyl (C=O) groups excluding carboxylic acids is 1. The van der Waals surface area contributed by atoms with Crippen LogP contribution in [-0.2, 0) is 38.2 Å². The van der Waals surface area contributed by atoms with Crippen molar-refractivity contribution in [2.45, 2.75) is 31.5 Å². The van der Waals surface area contributed by atoms with Crippen LogP contribution in [-0.4, -0.2) is 62.5 Å². The summed E-state index contributed by atoms with van der Waals surface area (Å²) in [5, 5.41) is 20.7. The molecule has 0 aliphatic rings. The molecule has 5 rings (SSSR count). The van der Waals surface area contributed by atoms with Crippen molar-refractivity contribution in [3.05, 3.63) is 132 Å². The maximum atomic E-state index is 13.7. The second kappa shape index (κ2) is 17.0. The van der Waals surface area contributed by atoms with Crippen LogP contribution in [0.15, 0.2) is 115 Å². The lowest BCUT2D eigenvalue weighted by Crippen LogP contribution is -2.46. The summed E-state index contributed by atoms with van der Waals surface area (Å²) in [7, 11) is -3.73. The summed E-state index contributed by atoms with van der Waals surface area (Å²) in [5.41, 5.74) is 5.50. The molecule has 0 fully saturated rings. The second-order valence-electron chi connectivity index (χ2n) is 11.7. The van der Waals surface area contributed by atoms with Crippen molar-refractivity contribution in [3.8, 4) is 11.1 Å². The van der Waals surface area contributed by atoms with Crippen molar-refractivity contribution < 1.29 is 47.2 Å². The van der Waals surface area contributed by atoms with Gasteiger partial charge in [-0.25, -0.2) is 9.59 Å². The second-order valence-corrected chi connectivity index (χ2v) is 14.2. The minimum absolute atomic E-state index is 0.0332. The molecule has 4 aromatic carbocycles. The Morgan fingerprint density at radius 3 is 1.92 bits per heavy atom. The largest absolute Gasteiger partial charge is 0.490 e. The van der Waals surface area contributed by atoms with Crippen LogP contribution in [0, 0.1) is 5.92 Å². The highest BCUT2D eigenvalue weighted by molar-refractivity contribution is 7.58. The van der Waals surface area contributed by atoms with Crippen LogP contribution in [0.5, 0.6) is 0 Å². The predicted octanol–water partition coefficient (Wildman–Crippen LogP) is 6.95. The summed E-state index contributed by atoms with van der Waals surface area (Å²) < 4.78 is 45.1. The van der Waals surface area contributed by atoms with Gasteiger partial charge in [0.2, 0.25) is 13.3 Å². The highest BCUT2D eigenvalue weighted by atomic mass is 31.2. The average Bonchev–Trinajstić information content (AvgIpc) is 3.50. The van der Waals surface area contributed by atoms with Gasteiger partial charge in [-0.05, 0) is 46.7 Å². The molecule has 9 nitrogen and oxygen atoms in total. The van der Waals surface area contributed by atoms with E-state index in [2.05, 4.69) is 10.3 Å². The van der Waals surface area contributed by atoms with E-state index in [0.29, 0.717) is 6.42 Å². The van der Waals surface area contributed by atoms with E-state index in [-0.39, 0.29) is 25.2 Å². The molecule has 5 N–H and O–H groups in total. The molecule has 0 saturated heterocycles. The number of aromatic amines is 1. The van der Waals surface area contributed by atoms with E-state index < -0.39 is 43.4 Å². The number of aliphatic carboxylic acids is 2. The fourth-order valence-electron chi connectivity index (χ4n) is 5.38. The highest BCUT2D eigenvalue weighted by Gasteiger charge is 2.38. The standard InChI is InChI=1S/C35H35N2O5P.C2HF3O2/c38-34(37-33(35(39)40)22-29-23-36-32-14-8-7-13-31(29)32)30(24-43(41,42)20-19-25-9-3-1-4-10-25)21-26-15-17-28(18-16-26)27-11-5-2-6-12-27;3-2(4,5)1(6)7/h1-18,23,30,33,36H,19-22,24H2,(H,37,38)(H,39,40)(H,41,42);(H,6,7). The molecular formula is C37H36F3N2O7P. The quantitative estimate of drug-likeness (QED) is 0.0829. The molecule has 5 aromatic rings. The highest BCUT2D eigenvalue weighted by Crippen LogP contribution is 2.44. The molecule has 1 aromatic heterocycles. The zero-order chi connectivity index (χ0) is 36.3. The molecule has 0 saturated carbocycles. The molecule has 262 valence electrons.